The monoisotopic (exact) mass is 760 g/mol. The number of phenolic OH excluding ortho intramolecular Hbond substituents is 1. The highest BCUT2D eigenvalue weighted by molar-refractivity contribution is 7.12. The average molecular weight is 761 g/mol. The van der Waals surface area contributed by atoms with Gasteiger partial charge < -0.3 is 45.3 Å². The van der Waals surface area contributed by atoms with Gasteiger partial charge in [0.15, 0.2) is 0 Å². The largest absolute Gasteiger partial charge is 0.506 e. The van der Waals surface area contributed by atoms with E-state index in [0.717, 1.165) is 18.4 Å². The Morgan fingerprint density at radius 1 is 1.02 bits per heavy atom. The lowest BCUT2D eigenvalue weighted by Gasteiger charge is -2.35. The van der Waals surface area contributed by atoms with Crippen molar-refractivity contribution in [3.63, 3.8) is 0 Å². The van der Waals surface area contributed by atoms with Crippen LogP contribution in [-0.2, 0) is 26.5 Å². The third-order valence-electron chi connectivity index (χ3n) is 9.77. The summed E-state index contributed by atoms with van der Waals surface area (Å²) < 4.78 is 11.5. The number of ether oxygens (including phenoxy) is 2. The molecule has 0 radical (unpaired) electrons. The van der Waals surface area contributed by atoms with Crippen molar-refractivity contribution >= 4 is 51.1 Å². The number of esters is 1. The summed E-state index contributed by atoms with van der Waals surface area (Å²) in [6.45, 7) is 1.15. The minimum atomic E-state index is -1.81. The zero-order chi connectivity index (χ0) is 37.5. The van der Waals surface area contributed by atoms with E-state index in [1.54, 1.807) is 37.4 Å². The number of nitrogens with one attached hydrogen (secondary N) is 3. The van der Waals surface area contributed by atoms with Gasteiger partial charge in [-0.3, -0.25) is 9.59 Å². The maximum Gasteiger partial charge on any atom is 0.349 e. The second-order valence-electron chi connectivity index (χ2n) is 13.2. The van der Waals surface area contributed by atoms with E-state index in [-0.39, 0.29) is 41.4 Å². The lowest BCUT2D eigenvalue weighted by Crippen LogP contribution is -2.42. The number of nitrogens with zero attached hydrogens (tertiary/aromatic N) is 1. The number of aromatic hydroxyl groups is 1. The number of fused-ring (bicyclic) bond motifs is 1. The number of hydrogen-bond acceptors (Lipinski definition) is 12. The van der Waals surface area contributed by atoms with Crippen molar-refractivity contribution in [3.05, 3.63) is 109 Å². The molecular weight excluding hydrogens is 717 g/mol. The molecule has 1 saturated carbocycles. The van der Waals surface area contributed by atoms with Crippen LogP contribution in [0.1, 0.15) is 59.1 Å². The van der Waals surface area contributed by atoms with Crippen molar-refractivity contribution in [1.29, 1.82) is 0 Å². The summed E-state index contributed by atoms with van der Waals surface area (Å²) in [5, 5.41) is 43.0. The number of pyridine rings is 1. The molecular formula is C39H44N4O8S2. The predicted molar refractivity (Wildman–Crippen MR) is 206 cm³/mol. The predicted octanol–water partition coefficient (Wildman–Crippen LogP) is 5.24. The Kier molecular flexibility index (Phi) is 12.3. The van der Waals surface area contributed by atoms with Gasteiger partial charge in [0.25, 0.3) is 0 Å². The number of carbonyl (C=O) groups is 2. The number of carbonyl (C=O) groups excluding carboxylic acids is 2. The molecule has 3 aromatic heterocycles. The third kappa shape index (κ3) is 8.81. The van der Waals surface area contributed by atoms with E-state index < -0.39 is 17.7 Å². The summed E-state index contributed by atoms with van der Waals surface area (Å²) in [4.78, 5) is 43.9. The molecule has 0 unspecified atom stereocenters. The van der Waals surface area contributed by atoms with Crippen LogP contribution in [0.2, 0.25) is 0 Å². The Hall–Kier alpha value is -4.57. The molecule has 1 amide bonds. The lowest BCUT2D eigenvalue weighted by atomic mass is 9.91. The maximum atomic E-state index is 13.4. The van der Waals surface area contributed by atoms with Crippen LogP contribution in [0.25, 0.3) is 10.9 Å². The number of aliphatic hydroxyl groups is 2. The maximum absolute atomic E-state index is 13.4. The zero-order valence-electron chi connectivity index (χ0n) is 29.5. The Morgan fingerprint density at radius 2 is 1.74 bits per heavy atom. The van der Waals surface area contributed by atoms with Crippen LogP contribution in [0.4, 0.5) is 5.69 Å². The van der Waals surface area contributed by atoms with Crippen LogP contribution < -0.4 is 20.9 Å². The highest BCUT2D eigenvalue weighted by atomic mass is 32.1. The molecule has 0 bridgehead atoms. The minimum absolute atomic E-state index is 0.0687. The molecule has 3 heterocycles. The number of amides is 1. The molecule has 0 aliphatic heterocycles. The number of aromatic nitrogens is 1. The molecule has 280 valence electrons. The van der Waals surface area contributed by atoms with Crippen molar-refractivity contribution < 1.29 is 34.4 Å². The first kappa shape index (κ1) is 38.2. The minimum Gasteiger partial charge on any atom is -0.506 e. The normalized spacial score (nSPS) is 16.8. The Balaban J connectivity index is 0.944. The molecule has 0 saturated heterocycles. The second-order valence-corrected chi connectivity index (χ2v) is 15.1. The number of rotatable bonds is 15. The Morgan fingerprint density at radius 3 is 2.40 bits per heavy atom. The van der Waals surface area contributed by atoms with Crippen LogP contribution in [0.3, 0.4) is 0 Å². The van der Waals surface area contributed by atoms with Crippen molar-refractivity contribution in [2.45, 2.75) is 62.5 Å². The van der Waals surface area contributed by atoms with Gasteiger partial charge in [0, 0.05) is 60.9 Å². The standard InChI is InChI=1S/C39H44N4O8S2/c1-43(26-9-11-27(12-10-26)51-38(48)39(49,33-5-3-19-52-33)34-6-4-20-53-34)18-17-36(47)41-25-8-7-24(32(21-25)50-2)22-40-23-31(45)28-13-15-30(44)37-29(28)14-16-35(46)42-37/h3-8,13-16,19-21,26-27,31,40,44-45,49H,9-12,17-18,22-23H2,1-2H3,(H,41,47)(H,42,46)/t26-,27-,31-/m0/s1. The van der Waals surface area contributed by atoms with Gasteiger partial charge >= 0.3 is 5.97 Å². The first-order valence-electron chi connectivity index (χ1n) is 17.5. The number of phenols is 1. The topological polar surface area (TPSA) is 173 Å². The van der Waals surface area contributed by atoms with Crippen LogP contribution in [-0.4, -0.2) is 76.5 Å². The summed E-state index contributed by atoms with van der Waals surface area (Å²) >= 11 is 2.65. The first-order valence-corrected chi connectivity index (χ1v) is 19.2. The lowest BCUT2D eigenvalue weighted by molar-refractivity contribution is -0.169. The Labute approximate surface area is 315 Å². The van der Waals surface area contributed by atoms with Crippen molar-refractivity contribution in [3.8, 4) is 11.5 Å². The molecule has 6 rings (SSSR count). The number of thiophene rings is 2. The van der Waals surface area contributed by atoms with Gasteiger partial charge in [0.1, 0.15) is 17.6 Å². The third-order valence-corrected chi connectivity index (χ3v) is 11.7. The number of hydrogen-bond donors (Lipinski definition) is 6. The fourth-order valence-electron chi connectivity index (χ4n) is 6.79. The molecule has 1 aliphatic rings. The summed E-state index contributed by atoms with van der Waals surface area (Å²) in [6.07, 6.45) is 2.07. The summed E-state index contributed by atoms with van der Waals surface area (Å²) in [5.41, 5.74) is 0.128. The highest BCUT2D eigenvalue weighted by Crippen LogP contribution is 2.38. The van der Waals surface area contributed by atoms with E-state index in [9.17, 15) is 29.7 Å². The number of anilines is 1. The molecule has 53 heavy (non-hydrogen) atoms. The highest BCUT2D eigenvalue weighted by Gasteiger charge is 2.45. The fraction of sp³-hybridized carbons (Fsp3) is 0.359. The first-order chi connectivity index (χ1) is 25.6. The van der Waals surface area contributed by atoms with Gasteiger partial charge in [0.2, 0.25) is 17.1 Å². The van der Waals surface area contributed by atoms with E-state index in [1.807, 2.05) is 42.1 Å². The molecule has 0 spiro atoms. The number of aromatic amines is 1. The molecule has 1 fully saturated rings. The van der Waals surface area contributed by atoms with Crippen molar-refractivity contribution in [2.24, 2.45) is 0 Å². The number of H-pyrrole nitrogens is 1. The van der Waals surface area contributed by atoms with Gasteiger partial charge in [-0.15, -0.1) is 22.7 Å². The van der Waals surface area contributed by atoms with Crippen molar-refractivity contribution in [1.82, 2.24) is 15.2 Å². The summed E-state index contributed by atoms with van der Waals surface area (Å²) in [5.74, 6) is -0.257. The van der Waals surface area contributed by atoms with Crippen molar-refractivity contribution in [2.75, 3.05) is 32.6 Å². The van der Waals surface area contributed by atoms with Crippen LogP contribution in [0, 0.1) is 0 Å². The van der Waals surface area contributed by atoms with E-state index >= 15 is 0 Å². The summed E-state index contributed by atoms with van der Waals surface area (Å²) in [7, 11) is 3.56. The van der Waals surface area contributed by atoms with Crippen LogP contribution >= 0.6 is 22.7 Å². The number of benzene rings is 2. The quantitative estimate of drug-likeness (QED) is 0.0776. The number of aliphatic hydroxyl groups excluding tert-OH is 1. The molecule has 1 aliphatic carbocycles. The summed E-state index contributed by atoms with van der Waals surface area (Å²) in [6, 6.07) is 18.8. The van der Waals surface area contributed by atoms with Crippen LogP contribution in [0.5, 0.6) is 11.5 Å². The Bertz CT molecular complexity index is 2030. The average Bonchev–Trinajstić information content (AvgIpc) is 3.91. The van der Waals surface area contributed by atoms with Gasteiger partial charge in [-0.25, -0.2) is 4.79 Å². The molecule has 5 aromatic rings. The fourth-order valence-corrected chi connectivity index (χ4v) is 8.50. The van der Waals surface area contributed by atoms with Gasteiger partial charge in [0.05, 0.1) is 28.5 Å². The smallest absolute Gasteiger partial charge is 0.349 e. The molecule has 14 heteroatoms. The second kappa shape index (κ2) is 17.1. The molecule has 2 aromatic carbocycles. The van der Waals surface area contributed by atoms with E-state index in [4.69, 9.17) is 9.47 Å². The van der Waals surface area contributed by atoms with Gasteiger partial charge in [-0.2, -0.15) is 0 Å². The molecule has 12 nitrogen and oxygen atoms in total. The van der Waals surface area contributed by atoms with Gasteiger partial charge in [-0.1, -0.05) is 24.3 Å². The molecule has 1 atom stereocenters. The zero-order valence-corrected chi connectivity index (χ0v) is 31.2. The van der Waals surface area contributed by atoms with E-state index in [1.165, 1.54) is 34.8 Å². The SMILES string of the molecule is COc1cc(NC(=O)CCN(C)[C@H]2CC[C@H](OC(=O)C(O)(c3cccs3)c3cccs3)CC2)ccc1CNC[C@H](O)c1ccc(O)c2[nH]c(=O)ccc12. The van der Waals surface area contributed by atoms with E-state index in [0.29, 0.717) is 64.5 Å². The number of methoxy groups -OCH3 is 1. The molecule has 6 N–H and O–H groups in total. The van der Waals surface area contributed by atoms with Gasteiger partial charge in [-0.05, 0) is 79.4 Å². The van der Waals surface area contributed by atoms with Crippen LogP contribution in [0.15, 0.2) is 82.3 Å². The van der Waals surface area contributed by atoms with E-state index in [2.05, 4.69) is 20.5 Å².